The highest BCUT2D eigenvalue weighted by Gasteiger charge is 2.30. The average molecular weight is 333 g/mol. The van der Waals surface area contributed by atoms with Gasteiger partial charge in [0.25, 0.3) is 0 Å². The van der Waals surface area contributed by atoms with Crippen LogP contribution < -0.4 is 5.73 Å². The number of anilines is 1. The second-order valence-electron chi connectivity index (χ2n) is 5.52. The fraction of sp³-hybridized carbons (Fsp3) is 0.571. The molecule has 0 radical (unpaired) electrons. The van der Waals surface area contributed by atoms with Gasteiger partial charge in [-0.05, 0) is 26.0 Å². The molecule has 1 fully saturated rings. The Labute approximate surface area is 130 Å². The maximum Gasteiger partial charge on any atom is 0.184 e. The van der Waals surface area contributed by atoms with Crippen molar-refractivity contribution in [1.29, 1.82) is 0 Å². The molecule has 7 heteroatoms. The van der Waals surface area contributed by atoms with Crippen molar-refractivity contribution in [3.8, 4) is 0 Å². The molecule has 1 aliphatic rings. The van der Waals surface area contributed by atoms with Gasteiger partial charge < -0.3 is 10.5 Å². The molecule has 1 heterocycles. The molecule has 5 nitrogen and oxygen atoms in total. The van der Waals surface area contributed by atoms with Crippen molar-refractivity contribution < 1.29 is 13.2 Å². The van der Waals surface area contributed by atoms with Gasteiger partial charge in [-0.3, -0.25) is 4.90 Å². The number of rotatable bonds is 4. The van der Waals surface area contributed by atoms with Crippen LogP contribution in [0.15, 0.2) is 23.1 Å². The van der Waals surface area contributed by atoms with Crippen LogP contribution in [0, 0.1) is 0 Å². The van der Waals surface area contributed by atoms with Crippen molar-refractivity contribution in [3.63, 3.8) is 0 Å². The zero-order valence-electron chi connectivity index (χ0n) is 12.3. The lowest BCUT2D eigenvalue weighted by Gasteiger charge is -2.35. The summed E-state index contributed by atoms with van der Waals surface area (Å²) in [7, 11) is -3.58. The summed E-state index contributed by atoms with van der Waals surface area (Å²) in [5.41, 5.74) is 5.95. The molecule has 0 saturated carbocycles. The molecule has 0 aliphatic carbocycles. The number of sulfone groups is 1. The third kappa shape index (κ3) is 3.88. The van der Waals surface area contributed by atoms with Crippen molar-refractivity contribution >= 4 is 27.1 Å². The third-order valence-corrected chi connectivity index (χ3v) is 5.93. The van der Waals surface area contributed by atoms with E-state index in [1.807, 2.05) is 0 Å². The van der Waals surface area contributed by atoms with Crippen LogP contribution in [0.2, 0.25) is 5.02 Å². The standard InChI is InChI=1S/C14H21ClN2O3S/c1-10(2)17-6-7-20-11(8-17)9-21(18,19)14-12(15)4-3-5-13(14)16/h3-5,10-11H,6-9,16H2,1-2H3. The fourth-order valence-electron chi connectivity index (χ4n) is 2.49. The lowest BCUT2D eigenvalue weighted by Crippen LogP contribution is -2.48. The fourth-order valence-corrected chi connectivity index (χ4v) is 4.68. The van der Waals surface area contributed by atoms with Gasteiger partial charge in [0.1, 0.15) is 4.90 Å². The monoisotopic (exact) mass is 332 g/mol. The van der Waals surface area contributed by atoms with Gasteiger partial charge in [0.05, 0.1) is 29.2 Å². The molecule has 2 rings (SSSR count). The van der Waals surface area contributed by atoms with Gasteiger partial charge in [0.2, 0.25) is 0 Å². The van der Waals surface area contributed by atoms with Crippen molar-refractivity contribution in [2.75, 3.05) is 31.2 Å². The SMILES string of the molecule is CC(C)N1CCOC(CS(=O)(=O)c2c(N)cccc2Cl)C1. The molecule has 1 aromatic rings. The summed E-state index contributed by atoms with van der Waals surface area (Å²) in [4.78, 5) is 2.22. The molecule has 0 aromatic heterocycles. The summed E-state index contributed by atoms with van der Waals surface area (Å²) in [5, 5.41) is 0.159. The molecule has 0 bridgehead atoms. The average Bonchev–Trinajstić information content (AvgIpc) is 2.37. The second kappa shape index (κ2) is 6.52. The van der Waals surface area contributed by atoms with Gasteiger partial charge in [-0.25, -0.2) is 8.42 Å². The number of morpholine rings is 1. The van der Waals surface area contributed by atoms with E-state index in [2.05, 4.69) is 18.7 Å². The minimum Gasteiger partial charge on any atom is -0.398 e. The van der Waals surface area contributed by atoms with Crippen LogP contribution in [-0.2, 0) is 14.6 Å². The first kappa shape index (κ1) is 16.5. The predicted octanol–water partition coefficient (Wildman–Crippen LogP) is 1.81. The van der Waals surface area contributed by atoms with Crippen LogP contribution in [0.25, 0.3) is 0 Å². The van der Waals surface area contributed by atoms with Crippen LogP contribution in [-0.4, -0.2) is 50.9 Å². The lowest BCUT2D eigenvalue weighted by atomic mass is 10.2. The molecule has 21 heavy (non-hydrogen) atoms. The molecule has 0 spiro atoms. The largest absolute Gasteiger partial charge is 0.398 e. The van der Waals surface area contributed by atoms with E-state index in [0.717, 1.165) is 6.54 Å². The number of nitrogen functional groups attached to an aromatic ring is 1. The smallest absolute Gasteiger partial charge is 0.184 e. The number of hydrogen-bond acceptors (Lipinski definition) is 5. The van der Waals surface area contributed by atoms with E-state index < -0.39 is 9.84 Å². The van der Waals surface area contributed by atoms with E-state index in [0.29, 0.717) is 19.2 Å². The van der Waals surface area contributed by atoms with Gasteiger partial charge in [-0.2, -0.15) is 0 Å². The third-order valence-electron chi connectivity index (χ3n) is 3.61. The van der Waals surface area contributed by atoms with Crippen LogP contribution >= 0.6 is 11.6 Å². The molecule has 0 amide bonds. The topological polar surface area (TPSA) is 72.6 Å². The Morgan fingerprint density at radius 2 is 2.19 bits per heavy atom. The van der Waals surface area contributed by atoms with Crippen LogP contribution in [0.4, 0.5) is 5.69 Å². The summed E-state index contributed by atoms with van der Waals surface area (Å²) in [6, 6.07) is 5.08. The predicted molar refractivity (Wildman–Crippen MR) is 84.4 cm³/mol. The highest BCUT2D eigenvalue weighted by molar-refractivity contribution is 7.91. The quantitative estimate of drug-likeness (QED) is 0.851. The number of ether oxygens (including phenoxy) is 1. The van der Waals surface area contributed by atoms with Crippen molar-refractivity contribution in [2.24, 2.45) is 0 Å². The maximum absolute atomic E-state index is 12.6. The Morgan fingerprint density at radius 3 is 2.81 bits per heavy atom. The van der Waals surface area contributed by atoms with Crippen LogP contribution in [0.1, 0.15) is 13.8 Å². The molecule has 1 saturated heterocycles. The van der Waals surface area contributed by atoms with Gasteiger partial charge in [0, 0.05) is 19.1 Å². The number of nitrogens with two attached hydrogens (primary N) is 1. The van der Waals surface area contributed by atoms with Gasteiger partial charge in [0.15, 0.2) is 9.84 Å². The van der Waals surface area contributed by atoms with E-state index in [4.69, 9.17) is 22.1 Å². The molecular weight excluding hydrogens is 312 g/mol. The number of halogens is 1. The highest BCUT2D eigenvalue weighted by atomic mass is 35.5. The number of benzene rings is 1. The van der Waals surface area contributed by atoms with Crippen LogP contribution in [0.5, 0.6) is 0 Å². The summed E-state index contributed by atoms with van der Waals surface area (Å²) < 4.78 is 30.7. The minimum absolute atomic E-state index is 0.0111. The molecule has 1 unspecified atom stereocenters. The Morgan fingerprint density at radius 1 is 1.48 bits per heavy atom. The Kier molecular flexibility index (Phi) is 5.14. The molecule has 1 atom stereocenters. The second-order valence-corrected chi connectivity index (χ2v) is 7.90. The van der Waals surface area contributed by atoms with E-state index in [1.165, 1.54) is 6.07 Å². The van der Waals surface area contributed by atoms with Gasteiger partial charge in [-0.1, -0.05) is 17.7 Å². The van der Waals surface area contributed by atoms with E-state index in [9.17, 15) is 8.42 Å². The molecule has 2 N–H and O–H groups in total. The zero-order valence-corrected chi connectivity index (χ0v) is 13.8. The first-order valence-corrected chi connectivity index (χ1v) is 8.96. The molecule has 118 valence electrons. The lowest BCUT2D eigenvalue weighted by molar-refractivity contribution is -0.0272. The summed E-state index contributed by atoms with van der Waals surface area (Å²) in [6.07, 6.45) is -0.359. The molecule has 1 aliphatic heterocycles. The maximum atomic E-state index is 12.6. The summed E-state index contributed by atoms with van der Waals surface area (Å²) in [6.45, 7) is 6.13. The first-order chi connectivity index (χ1) is 9.81. The summed E-state index contributed by atoms with van der Waals surface area (Å²) >= 11 is 6.00. The van der Waals surface area contributed by atoms with Crippen molar-refractivity contribution in [1.82, 2.24) is 4.90 Å². The van der Waals surface area contributed by atoms with Gasteiger partial charge in [-0.15, -0.1) is 0 Å². The number of nitrogens with zero attached hydrogens (tertiary/aromatic N) is 1. The van der Waals surface area contributed by atoms with Crippen molar-refractivity contribution in [3.05, 3.63) is 23.2 Å². The van der Waals surface area contributed by atoms with E-state index in [-0.39, 0.29) is 27.5 Å². The number of hydrogen-bond donors (Lipinski definition) is 1. The minimum atomic E-state index is -3.58. The van der Waals surface area contributed by atoms with Gasteiger partial charge >= 0.3 is 0 Å². The first-order valence-electron chi connectivity index (χ1n) is 6.93. The van der Waals surface area contributed by atoms with E-state index in [1.54, 1.807) is 12.1 Å². The molecule has 1 aromatic carbocycles. The van der Waals surface area contributed by atoms with Crippen molar-refractivity contribution in [2.45, 2.75) is 30.9 Å². The van der Waals surface area contributed by atoms with Crippen LogP contribution in [0.3, 0.4) is 0 Å². The summed E-state index contributed by atoms with van der Waals surface area (Å²) in [5.74, 6) is -0.107. The highest BCUT2D eigenvalue weighted by Crippen LogP contribution is 2.29. The Balaban J connectivity index is 2.18. The normalized spacial score (nSPS) is 20.9. The Bertz CT molecular complexity index is 584. The van der Waals surface area contributed by atoms with E-state index >= 15 is 0 Å². The Hall–Kier alpha value is -0.820. The molecular formula is C14H21ClN2O3S. The zero-order chi connectivity index (χ0) is 15.6.